The monoisotopic (exact) mass is 294 g/mol. The van der Waals surface area contributed by atoms with Crippen LogP contribution in [0.3, 0.4) is 0 Å². The number of hydrogen-bond acceptors (Lipinski definition) is 5. The highest BCUT2D eigenvalue weighted by Gasteiger charge is 2.25. The molecule has 0 atom stereocenters. The number of hydrogen-bond donors (Lipinski definition) is 0. The lowest BCUT2D eigenvalue weighted by Crippen LogP contribution is -2.49. The smallest absolute Gasteiger partial charge is 0.356 e. The van der Waals surface area contributed by atoms with Gasteiger partial charge < -0.3 is 14.2 Å². The quantitative estimate of drug-likeness (QED) is 0.786. The molecule has 0 bridgehead atoms. The van der Waals surface area contributed by atoms with Crippen molar-refractivity contribution in [1.29, 1.82) is 0 Å². The van der Waals surface area contributed by atoms with E-state index in [1.165, 1.54) is 0 Å². The van der Waals surface area contributed by atoms with Gasteiger partial charge in [0.15, 0.2) is 5.69 Å². The molecule has 118 valence electrons. The largest absolute Gasteiger partial charge is 0.461 e. The van der Waals surface area contributed by atoms with E-state index >= 15 is 0 Å². The maximum absolute atomic E-state index is 12.0. The lowest BCUT2D eigenvalue weighted by atomic mass is 10.2. The first-order valence-corrected chi connectivity index (χ1v) is 7.65. The van der Waals surface area contributed by atoms with E-state index in [0.717, 1.165) is 37.8 Å². The second-order valence-electron chi connectivity index (χ2n) is 5.74. The first-order valence-electron chi connectivity index (χ1n) is 7.65. The molecule has 0 spiro atoms. The van der Waals surface area contributed by atoms with Crippen molar-refractivity contribution in [3.63, 3.8) is 0 Å². The third-order valence-electron chi connectivity index (χ3n) is 4.04. The van der Waals surface area contributed by atoms with Gasteiger partial charge in [-0.1, -0.05) is 0 Å². The van der Waals surface area contributed by atoms with E-state index in [4.69, 9.17) is 4.74 Å². The van der Waals surface area contributed by atoms with Crippen LogP contribution >= 0.6 is 0 Å². The molecule has 1 aromatic rings. The van der Waals surface area contributed by atoms with Crippen molar-refractivity contribution in [2.75, 3.05) is 37.7 Å². The van der Waals surface area contributed by atoms with Crippen LogP contribution in [0.1, 0.15) is 37.0 Å². The van der Waals surface area contributed by atoms with Crippen LogP contribution in [0.2, 0.25) is 0 Å². The van der Waals surface area contributed by atoms with Gasteiger partial charge in [-0.15, -0.1) is 0 Å². The predicted octanol–water partition coefficient (Wildman–Crippen LogP) is 1.44. The minimum absolute atomic E-state index is 0.294. The van der Waals surface area contributed by atoms with E-state index in [1.807, 2.05) is 25.5 Å². The lowest BCUT2D eigenvalue weighted by Gasteiger charge is -2.37. The second-order valence-corrected chi connectivity index (χ2v) is 5.74. The van der Waals surface area contributed by atoms with Crippen molar-refractivity contribution >= 4 is 11.9 Å². The fourth-order valence-corrected chi connectivity index (χ4v) is 2.83. The highest BCUT2D eigenvalue weighted by atomic mass is 16.5. The van der Waals surface area contributed by atoms with Crippen molar-refractivity contribution < 1.29 is 9.53 Å². The molecule has 2 heterocycles. The van der Waals surface area contributed by atoms with Gasteiger partial charge in [0.05, 0.1) is 12.3 Å². The Morgan fingerprint density at radius 3 is 2.43 bits per heavy atom. The number of anilines is 1. The van der Waals surface area contributed by atoms with Gasteiger partial charge in [0.2, 0.25) is 5.95 Å². The topological polar surface area (TPSA) is 50.6 Å². The second kappa shape index (κ2) is 6.47. The Bertz CT molecular complexity index is 502. The highest BCUT2D eigenvalue weighted by molar-refractivity contribution is 5.89. The van der Waals surface area contributed by atoms with Crippen LogP contribution in [0.5, 0.6) is 0 Å². The van der Waals surface area contributed by atoms with Gasteiger partial charge in [-0.2, -0.15) is 0 Å². The van der Waals surface area contributed by atoms with Gasteiger partial charge >= 0.3 is 5.97 Å². The fourth-order valence-electron chi connectivity index (χ4n) is 2.83. The molecule has 0 amide bonds. The van der Waals surface area contributed by atoms with Gasteiger partial charge in [-0.05, 0) is 27.7 Å². The van der Waals surface area contributed by atoms with E-state index in [2.05, 4.69) is 28.6 Å². The standard InChI is InChI=1S/C15H26N4O2/c1-6-21-14(20)13-12(4)16-15(17(13)5)19-9-7-18(8-10-19)11(2)3/h11H,6-10H2,1-5H3. The molecule has 0 N–H and O–H groups in total. The first-order chi connectivity index (χ1) is 9.95. The van der Waals surface area contributed by atoms with Crippen molar-refractivity contribution in [2.45, 2.75) is 33.7 Å². The first kappa shape index (κ1) is 15.8. The number of aromatic nitrogens is 2. The number of imidazole rings is 1. The number of carbonyl (C=O) groups is 1. The fraction of sp³-hybridized carbons (Fsp3) is 0.733. The molecule has 1 aliphatic heterocycles. The minimum Gasteiger partial charge on any atom is -0.461 e. The number of rotatable bonds is 4. The molecule has 1 fully saturated rings. The third kappa shape index (κ3) is 3.20. The number of piperazine rings is 1. The van der Waals surface area contributed by atoms with Crippen LogP contribution in [0.4, 0.5) is 5.95 Å². The van der Waals surface area contributed by atoms with Crippen LogP contribution in [0, 0.1) is 6.92 Å². The molecule has 2 rings (SSSR count). The summed E-state index contributed by atoms with van der Waals surface area (Å²) in [6, 6.07) is 0.574. The predicted molar refractivity (Wildman–Crippen MR) is 82.8 cm³/mol. The zero-order valence-electron chi connectivity index (χ0n) is 13.7. The van der Waals surface area contributed by atoms with Crippen LogP contribution in [0.15, 0.2) is 0 Å². The number of esters is 1. The third-order valence-corrected chi connectivity index (χ3v) is 4.04. The summed E-state index contributed by atoms with van der Waals surface area (Å²) < 4.78 is 6.97. The minimum atomic E-state index is -0.294. The lowest BCUT2D eigenvalue weighted by molar-refractivity contribution is 0.0514. The molecule has 0 saturated carbocycles. The molecule has 1 aromatic heterocycles. The summed E-state index contributed by atoms with van der Waals surface area (Å²) in [4.78, 5) is 21.3. The Hall–Kier alpha value is -1.56. The van der Waals surface area contributed by atoms with Crippen molar-refractivity contribution in [3.8, 4) is 0 Å². The summed E-state index contributed by atoms with van der Waals surface area (Å²) in [5.41, 5.74) is 1.29. The van der Waals surface area contributed by atoms with E-state index in [9.17, 15) is 4.79 Å². The Labute approximate surface area is 126 Å². The zero-order valence-corrected chi connectivity index (χ0v) is 13.7. The molecule has 0 radical (unpaired) electrons. The zero-order chi connectivity index (χ0) is 15.6. The van der Waals surface area contributed by atoms with Crippen LogP contribution in [-0.2, 0) is 11.8 Å². The van der Waals surface area contributed by atoms with Gasteiger partial charge in [0.25, 0.3) is 0 Å². The molecule has 1 aliphatic rings. The van der Waals surface area contributed by atoms with Gasteiger partial charge in [0, 0.05) is 39.3 Å². The molecule has 0 aliphatic carbocycles. The van der Waals surface area contributed by atoms with Crippen LogP contribution in [0.25, 0.3) is 0 Å². The highest BCUT2D eigenvalue weighted by Crippen LogP contribution is 2.20. The molecular weight excluding hydrogens is 268 g/mol. The number of ether oxygens (including phenoxy) is 1. The molecule has 0 aromatic carbocycles. The van der Waals surface area contributed by atoms with Crippen molar-refractivity contribution in [1.82, 2.24) is 14.5 Å². The molecule has 6 nitrogen and oxygen atoms in total. The summed E-state index contributed by atoms with van der Waals surface area (Å²) in [5, 5.41) is 0. The number of nitrogens with zero attached hydrogens (tertiary/aromatic N) is 4. The summed E-state index contributed by atoms with van der Waals surface area (Å²) in [5.74, 6) is 0.566. The maximum atomic E-state index is 12.0. The average Bonchev–Trinajstić information content (AvgIpc) is 2.74. The molecule has 6 heteroatoms. The summed E-state index contributed by atoms with van der Waals surface area (Å²) in [7, 11) is 1.89. The van der Waals surface area contributed by atoms with Crippen LogP contribution in [-0.4, -0.2) is 59.2 Å². The maximum Gasteiger partial charge on any atom is 0.356 e. The van der Waals surface area contributed by atoms with Crippen molar-refractivity contribution in [2.24, 2.45) is 7.05 Å². The molecule has 0 unspecified atom stereocenters. The average molecular weight is 294 g/mol. The van der Waals surface area contributed by atoms with Crippen LogP contribution < -0.4 is 4.90 Å². The Kier molecular flexibility index (Phi) is 4.88. The Morgan fingerprint density at radius 1 is 1.29 bits per heavy atom. The van der Waals surface area contributed by atoms with E-state index in [-0.39, 0.29) is 5.97 Å². The molecular formula is C15H26N4O2. The van der Waals surface area contributed by atoms with E-state index < -0.39 is 0 Å². The van der Waals surface area contributed by atoms with Crippen molar-refractivity contribution in [3.05, 3.63) is 11.4 Å². The summed E-state index contributed by atoms with van der Waals surface area (Å²) >= 11 is 0. The van der Waals surface area contributed by atoms with E-state index in [0.29, 0.717) is 18.3 Å². The van der Waals surface area contributed by atoms with Gasteiger partial charge in [-0.25, -0.2) is 9.78 Å². The van der Waals surface area contributed by atoms with E-state index in [1.54, 1.807) is 0 Å². The SMILES string of the molecule is CCOC(=O)c1c(C)nc(N2CCN(C(C)C)CC2)n1C. The molecule has 21 heavy (non-hydrogen) atoms. The normalized spacial score (nSPS) is 16.6. The Morgan fingerprint density at radius 2 is 1.90 bits per heavy atom. The summed E-state index contributed by atoms with van der Waals surface area (Å²) in [6.07, 6.45) is 0. The van der Waals surface area contributed by atoms with Gasteiger partial charge in [0.1, 0.15) is 0 Å². The molecule has 1 saturated heterocycles. The van der Waals surface area contributed by atoms with Gasteiger partial charge in [-0.3, -0.25) is 4.90 Å². The number of aryl methyl sites for hydroxylation is 1. The number of carbonyl (C=O) groups excluding carboxylic acids is 1. The summed E-state index contributed by atoms with van der Waals surface area (Å²) in [6.45, 7) is 12.4. The Balaban J connectivity index is 2.15.